The first-order valence-corrected chi connectivity index (χ1v) is 6.28. The summed E-state index contributed by atoms with van der Waals surface area (Å²) in [4.78, 5) is 12.0. The Morgan fingerprint density at radius 2 is 2.00 bits per heavy atom. The molecule has 1 aliphatic rings. The second kappa shape index (κ2) is 5.48. The number of unbranched alkanes of at least 4 members (excludes halogenated alkanes) is 1. The van der Waals surface area contributed by atoms with Crippen LogP contribution >= 0.6 is 0 Å². The number of hydrogen-bond acceptors (Lipinski definition) is 1. The van der Waals surface area contributed by atoms with E-state index in [1.165, 1.54) is 12.0 Å². The van der Waals surface area contributed by atoms with Crippen molar-refractivity contribution in [2.24, 2.45) is 11.8 Å². The molecule has 15 heavy (non-hydrogen) atoms. The zero-order valence-electron chi connectivity index (χ0n) is 10.6. The van der Waals surface area contributed by atoms with Crippen molar-refractivity contribution in [1.82, 2.24) is 0 Å². The third-order valence-electron chi connectivity index (χ3n) is 3.59. The Labute approximate surface area is 93.9 Å². The van der Waals surface area contributed by atoms with Gasteiger partial charge in [0, 0.05) is 6.42 Å². The number of hydrogen-bond donors (Lipinski definition) is 0. The molecule has 0 aromatic rings. The molecule has 86 valence electrons. The van der Waals surface area contributed by atoms with E-state index in [-0.39, 0.29) is 0 Å². The molecule has 1 nitrogen and oxygen atoms in total. The smallest absolute Gasteiger partial charge is 0.159 e. The van der Waals surface area contributed by atoms with E-state index in [0.717, 1.165) is 31.3 Å². The minimum atomic E-state index is 0.422. The maximum Gasteiger partial charge on any atom is 0.159 e. The van der Waals surface area contributed by atoms with Gasteiger partial charge in [-0.15, -0.1) is 0 Å². The van der Waals surface area contributed by atoms with Gasteiger partial charge in [-0.2, -0.15) is 0 Å². The Morgan fingerprint density at radius 3 is 2.47 bits per heavy atom. The monoisotopic (exact) mass is 208 g/mol. The molecule has 0 bridgehead atoms. The lowest BCUT2D eigenvalue weighted by molar-refractivity contribution is -0.117. The van der Waals surface area contributed by atoms with Crippen molar-refractivity contribution in [2.45, 2.75) is 59.8 Å². The van der Waals surface area contributed by atoms with E-state index in [0.29, 0.717) is 17.6 Å². The molecular formula is C14H24O. The Hall–Kier alpha value is -0.590. The van der Waals surface area contributed by atoms with Crippen molar-refractivity contribution in [3.8, 4) is 0 Å². The lowest BCUT2D eigenvalue weighted by Crippen LogP contribution is -2.22. The number of Topliss-reactive ketones (excluding diaryl/α,β-unsaturated/α-hetero) is 1. The van der Waals surface area contributed by atoms with Crippen molar-refractivity contribution in [2.75, 3.05) is 0 Å². The molecule has 1 heteroatoms. The average Bonchev–Trinajstić information content (AvgIpc) is 2.16. The number of ketones is 1. The first-order chi connectivity index (χ1) is 7.06. The van der Waals surface area contributed by atoms with Crippen molar-refractivity contribution in [1.29, 1.82) is 0 Å². The SMILES string of the molecule is CCCCC1=C(C)C[C@@H](C(C)C)CC1=O. The van der Waals surface area contributed by atoms with Crippen LogP contribution in [-0.4, -0.2) is 5.78 Å². The number of carbonyl (C=O) groups is 1. The Morgan fingerprint density at radius 1 is 1.33 bits per heavy atom. The summed E-state index contributed by atoms with van der Waals surface area (Å²) in [7, 11) is 0. The molecule has 0 amide bonds. The van der Waals surface area contributed by atoms with Gasteiger partial charge in [-0.1, -0.05) is 32.8 Å². The van der Waals surface area contributed by atoms with Crippen LogP contribution in [0.5, 0.6) is 0 Å². The highest BCUT2D eigenvalue weighted by Crippen LogP contribution is 2.33. The van der Waals surface area contributed by atoms with E-state index >= 15 is 0 Å². The largest absolute Gasteiger partial charge is 0.295 e. The Balaban J connectivity index is 2.70. The minimum Gasteiger partial charge on any atom is -0.295 e. The summed E-state index contributed by atoms with van der Waals surface area (Å²) in [5.74, 6) is 1.64. The fourth-order valence-corrected chi connectivity index (χ4v) is 2.37. The van der Waals surface area contributed by atoms with Crippen molar-refractivity contribution in [3.05, 3.63) is 11.1 Å². The molecule has 0 radical (unpaired) electrons. The highest BCUT2D eigenvalue weighted by Gasteiger charge is 2.26. The molecule has 0 spiro atoms. The van der Waals surface area contributed by atoms with Crippen LogP contribution in [0.2, 0.25) is 0 Å². The van der Waals surface area contributed by atoms with Gasteiger partial charge in [0.25, 0.3) is 0 Å². The molecule has 0 aromatic heterocycles. The van der Waals surface area contributed by atoms with Crippen molar-refractivity contribution >= 4 is 5.78 Å². The summed E-state index contributed by atoms with van der Waals surface area (Å²) in [5.41, 5.74) is 2.51. The van der Waals surface area contributed by atoms with Crippen LogP contribution in [0.1, 0.15) is 59.8 Å². The minimum absolute atomic E-state index is 0.422. The zero-order valence-corrected chi connectivity index (χ0v) is 10.6. The number of carbonyl (C=O) groups excluding carboxylic acids is 1. The molecule has 1 rings (SSSR count). The lowest BCUT2D eigenvalue weighted by Gasteiger charge is -2.27. The molecule has 0 N–H and O–H groups in total. The standard InChI is InChI=1S/C14H24O/c1-5-6-7-13-11(4)8-12(10(2)3)9-14(13)15/h10,12H,5-9H2,1-4H3/t12-/m1/s1. The summed E-state index contributed by atoms with van der Waals surface area (Å²) in [6, 6.07) is 0. The first kappa shape index (κ1) is 12.5. The average molecular weight is 208 g/mol. The van der Waals surface area contributed by atoms with Crippen LogP contribution in [0.15, 0.2) is 11.1 Å². The molecule has 0 heterocycles. The van der Waals surface area contributed by atoms with Crippen molar-refractivity contribution < 1.29 is 4.79 Å². The highest BCUT2D eigenvalue weighted by molar-refractivity contribution is 5.97. The first-order valence-electron chi connectivity index (χ1n) is 6.28. The zero-order chi connectivity index (χ0) is 11.4. The van der Waals surface area contributed by atoms with Gasteiger partial charge < -0.3 is 0 Å². The van der Waals surface area contributed by atoms with Gasteiger partial charge >= 0.3 is 0 Å². The van der Waals surface area contributed by atoms with Gasteiger partial charge in [0.15, 0.2) is 5.78 Å². The Bertz CT molecular complexity index is 261. The number of allylic oxidation sites excluding steroid dienone is 2. The van der Waals surface area contributed by atoms with Gasteiger partial charge in [0.05, 0.1) is 0 Å². The van der Waals surface area contributed by atoms with Gasteiger partial charge in [-0.3, -0.25) is 4.79 Å². The third-order valence-corrected chi connectivity index (χ3v) is 3.59. The second-order valence-electron chi connectivity index (χ2n) is 5.20. The van der Waals surface area contributed by atoms with E-state index in [4.69, 9.17) is 0 Å². The van der Waals surface area contributed by atoms with Crippen LogP contribution in [0.25, 0.3) is 0 Å². The molecule has 0 fully saturated rings. The predicted octanol–water partition coefficient (Wildman–Crippen LogP) is 4.13. The lowest BCUT2D eigenvalue weighted by atomic mass is 9.77. The van der Waals surface area contributed by atoms with E-state index in [1.807, 2.05) is 0 Å². The van der Waals surface area contributed by atoms with E-state index in [9.17, 15) is 4.79 Å². The van der Waals surface area contributed by atoms with Crippen LogP contribution in [0, 0.1) is 11.8 Å². The highest BCUT2D eigenvalue weighted by atomic mass is 16.1. The van der Waals surface area contributed by atoms with Gasteiger partial charge in [-0.05, 0) is 43.6 Å². The third kappa shape index (κ3) is 3.19. The quantitative estimate of drug-likeness (QED) is 0.679. The summed E-state index contributed by atoms with van der Waals surface area (Å²) >= 11 is 0. The van der Waals surface area contributed by atoms with Gasteiger partial charge in [-0.25, -0.2) is 0 Å². The van der Waals surface area contributed by atoms with E-state index < -0.39 is 0 Å². The summed E-state index contributed by atoms with van der Waals surface area (Å²) < 4.78 is 0. The number of rotatable bonds is 4. The molecule has 0 saturated carbocycles. The summed E-state index contributed by atoms with van der Waals surface area (Å²) in [6.45, 7) is 8.78. The molecular weight excluding hydrogens is 184 g/mol. The molecule has 1 atom stereocenters. The fraction of sp³-hybridized carbons (Fsp3) is 0.786. The van der Waals surface area contributed by atoms with Crippen LogP contribution in [0.3, 0.4) is 0 Å². The predicted molar refractivity (Wildman–Crippen MR) is 64.8 cm³/mol. The maximum absolute atomic E-state index is 12.0. The van der Waals surface area contributed by atoms with Crippen LogP contribution < -0.4 is 0 Å². The molecule has 0 unspecified atom stereocenters. The van der Waals surface area contributed by atoms with Crippen LogP contribution in [-0.2, 0) is 4.79 Å². The Kier molecular flexibility index (Phi) is 4.56. The molecule has 0 aliphatic heterocycles. The van der Waals surface area contributed by atoms with Crippen molar-refractivity contribution in [3.63, 3.8) is 0 Å². The van der Waals surface area contributed by atoms with E-state index in [1.54, 1.807) is 0 Å². The van der Waals surface area contributed by atoms with Crippen LogP contribution in [0.4, 0.5) is 0 Å². The van der Waals surface area contributed by atoms with Gasteiger partial charge in [0.2, 0.25) is 0 Å². The van der Waals surface area contributed by atoms with Gasteiger partial charge in [0.1, 0.15) is 0 Å². The summed E-state index contributed by atoms with van der Waals surface area (Å²) in [6.07, 6.45) is 5.27. The second-order valence-corrected chi connectivity index (χ2v) is 5.20. The molecule has 0 saturated heterocycles. The van der Waals surface area contributed by atoms with E-state index in [2.05, 4.69) is 27.7 Å². The normalized spacial score (nSPS) is 22.7. The fourth-order valence-electron chi connectivity index (χ4n) is 2.37. The topological polar surface area (TPSA) is 17.1 Å². The summed E-state index contributed by atoms with van der Waals surface area (Å²) in [5, 5.41) is 0. The maximum atomic E-state index is 12.0. The molecule has 1 aliphatic carbocycles. The molecule has 0 aromatic carbocycles.